The molecule has 10 nitrogen and oxygen atoms in total. The minimum atomic E-state index is -0.994. The quantitative estimate of drug-likeness (QED) is 0.187. The van der Waals surface area contributed by atoms with E-state index in [1.165, 1.54) is 12.1 Å². The summed E-state index contributed by atoms with van der Waals surface area (Å²) in [4.78, 5) is 24.9. The van der Waals surface area contributed by atoms with Gasteiger partial charge in [-0.25, -0.2) is 4.79 Å². The highest BCUT2D eigenvalue weighted by Gasteiger charge is 2.19. The van der Waals surface area contributed by atoms with Crippen LogP contribution in [0.3, 0.4) is 0 Å². The number of amides is 1. The number of rotatable bonds is 4. The van der Waals surface area contributed by atoms with E-state index in [-0.39, 0.29) is 22.6 Å². The Labute approximate surface area is 174 Å². The lowest BCUT2D eigenvalue weighted by molar-refractivity contribution is 0.0733. The first kappa shape index (κ1) is 21.1. The third-order valence-electron chi connectivity index (χ3n) is 4.23. The largest absolute Gasteiger partial charge is 0.504 e. The molecule has 3 rings (SSSR count). The van der Waals surface area contributed by atoms with E-state index in [0.29, 0.717) is 5.56 Å². The fourth-order valence-electron chi connectivity index (χ4n) is 2.63. The van der Waals surface area contributed by atoms with Crippen molar-refractivity contribution in [2.45, 2.75) is 6.92 Å². The zero-order valence-electron chi connectivity index (χ0n) is 15.9. The van der Waals surface area contributed by atoms with Gasteiger partial charge in [0.1, 0.15) is 0 Å². The average molecular weight is 427 g/mol. The van der Waals surface area contributed by atoms with Gasteiger partial charge in [0.05, 0.1) is 11.3 Å². The molecule has 7 N–H and O–H groups in total. The summed E-state index contributed by atoms with van der Waals surface area (Å²) in [5.41, 5.74) is 0.291. The van der Waals surface area contributed by atoms with E-state index >= 15 is 0 Å². The number of phenolic OH excluding ortho intramolecular Hbond substituents is 6. The first-order valence-corrected chi connectivity index (χ1v) is 8.71. The predicted octanol–water partition coefficient (Wildman–Crippen LogP) is 2.70. The Bertz CT molecular complexity index is 1160. The maximum Gasteiger partial charge on any atom is 0.343 e. The maximum absolute atomic E-state index is 12.5. The van der Waals surface area contributed by atoms with E-state index in [1.807, 2.05) is 0 Å². The van der Waals surface area contributed by atoms with E-state index in [0.717, 1.165) is 24.3 Å². The lowest BCUT2D eigenvalue weighted by Gasteiger charge is -2.13. The minimum Gasteiger partial charge on any atom is -0.504 e. The number of aryl methyl sites for hydroxylation is 1. The average Bonchev–Trinajstić information content (AvgIpc) is 2.71. The Morgan fingerprint density at radius 1 is 0.742 bits per heavy atom. The van der Waals surface area contributed by atoms with E-state index in [1.54, 1.807) is 13.0 Å². The summed E-state index contributed by atoms with van der Waals surface area (Å²) in [6, 6.07) is 8.18. The molecule has 10 heteroatoms. The van der Waals surface area contributed by atoms with Crippen molar-refractivity contribution in [1.29, 1.82) is 0 Å². The first-order valence-electron chi connectivity index (χ1n) is 8.71. The number of benzene rings is 3. The number of carbonyl (C=O) groups excluding carboxylic acids is 2. The highest BCUT2D eigenvalue weighted by molar-refractivity contribution is 6.06. The molecule has 1 amide bonds. The van der Waals surface area contributed by atoms with E-state index in [4.69, 9.17) is 4.74 Å². The monoisotopic (exact) mass is 427 g/mol. The molecule has 0 atom stereocenters. The van der Waals surface area contributed by atoms with Crippen LogP contribution in [0.25, 0.3) is 0 Å². The Morgan fingerprint density at radius 2 is 1.23 bits per heavy atom. The van der Waals surface area contributed by atoms with Gasteiger partial charge in [-0.15, -0.1) is 0 Å². The number of ether oxygens (including phenoxy) is 1. The van der Waals surface area contributed by atoms with E-state index in [2.05, 4.69) is 5.32 Å². The van der Waals surface area contributed by atoms with Crippen LogP contribution in [0, 0.1) is 6.92 Å². The van der Waals surface area contributed by atoms with Crippen molar-refractivity contribution in [2.24, 2.45) is 0 Å². The van der Waals surface area contributed by atoms with Gasteiger partial charge in [-0.1, -0.05) is 6.07 Å². The highest BCUT2D eigenvalue weighted by Crippen LogP contribution is 2.37. The lowest BCUT2D eigenvalue weighted by Crippen LogP contribution is -2.15. The van der Waals surface area contributed by atoms with Crippen molar-refractivity contribution >= 4 is 17.6 Å². The molecule has 0 aliphatic carbocycles. The van der Waals surface area contributed by atoms with Gasteiger partial charge in [0.2, 0.25) is 0 Å². The van der Waals surface area contributed by atoms with Gasteiger partial charge in [-0.3, -0.25) is 4.79 Å². The topological polar surface area (TPSA) is 177 Å². The van der Waals surface area contributed by atoms with Crippen molar-refractivity contribution in [1.82, 2.24) is 0 Å². The number of anilines is 1. The van der Waals surface area contributed by atoms with Crippen LogP contribution in [0.1, 0.15) is 26.3 Å². The fourth-order valence-corrected chi connectivity index (χ4v) is 2.63. The standard InChI is InChI=1S/C21H17NO9/c1-9-2-3-12(22-20(29)10-5-13(23)18(27)14(24)6-10)17(4-9)31-21(30)11-7-15(25)19(28)16(26)8-11/h2-8,23-28H,1H3,(H,22,29). The maximum atomic E-state index is 12.5. The SMILES string of the molecule is Cc1ccc(NC(=O)c2cc(O)c(O)c(O)c2)c(OC(=O)c2cc(O)c(O)c(O)c2)c1. The highest BCUT2D eigenvalue weighted by atomic mass is 16.5. The molecular formula is C21H17NO9. The molecule has 0 aliphatic heterocycles. The molecule has 0 radical (unpaired) electrons. The van der Waals surface area contributed by atoms with Crippen molar-refractivity contribution in [3.8, 4) is 40.2 Å². The van der Waals surface area contributed by atoms with Gasteiger partial charge >= 0.3 is 5.97 Å². The molecule has 0 spiro atoms. The van der Waals surface area contributed by atoms with E-state index in [9.17, 15) is 40.2 Å². The molecular weight excluding hydrogens is 410 g/mol. The number of hydrogen-bond donors (Lipinski definition) is 7. The van der Waals surface area contributed by atoms with Crippen molar-refractivity contribution in [3.05, 3.63) is 59.2 Å². The van der Waals surface area contributed by atoms with Crippen LogP contribution in [0.4, 0.5) is 5.69 Å². The van der Waals surface area contributed by atoms with Crippen LogP contribution in [0.5, 0.6) is 40.2 Å². The first-order chi connectivity index (χ1) is 14.6. The second kappa shape index (κ2) is 8.03. The Morgan fingerprint density at radius 3 is 1.74 bits per heavy atom. The number of carbonyl (C=O) groups is 2. The van der Waals surface area contributed by atoms with Crippen molar-refractivity contribution in [3.63, 3.8) is 0 Å². The Balaban J connectivity index is 1.89. The molecule has 31 heavy (non-hydrogen) atoms. The molecule has 0 heterocycles. The van der Waals surface area contributed by atoms with Gasteiger partial charge in [0.15, 0.2) is 40.2 Å². The number of phenols is 6. The smallest absolute Gasteiger partial charge is 0.343 e. The molecule has 0 aliphatic rings. The zero-order valence-corrected chi connectivity index (χ0v) is 15.9. The van der Waals surface area contributed by atoms with Crippen LogP contribution < -0.4 is 10.1 Å². The molecule has 0 bridgehead atoms. The van der Waals surface area contributed by atoms with Gasteiger partial charge in [-0.05, 0) is 48.9 Å². The zero-order chi connectivity index (χ0) is 22.9. The molecule has 0 unspecified atom stereocenters. The normalized spacial score (nSPS) is 10.5. The van der Waals surface area contributed by atoms with Crippen LogP contribution in [-0.4, -0.2) is 42.5 Å². The Kier molecular flexibility index (Phi) is 5.47. The molecule has 0 fully saturated rings. The molecule has 3 aromatic rings. The second-order valence-electron chi connectivity index (χ2n) is 6.57. The second-order valence-corrected chi connectivity index (χ2v) is 6.57. The van der Waals surface area contributed by atoms with Crippen LogP contribution in [-0.2, 0) is 0 Å². The van der Waals surface area contributed by atoms with Gasteiger partial charge < -0.3 is 40.7 Å². The lowest BCUT2D eigenvalue weighted by atomic mass is 10.1. The number of esters is 1. The minimum absolute atomic E-state index is 0.0585. The third kappa shape index (κ3) is 4.37. The summed E-state index contributed by atoms with van der Waals surface area (Å²) in [5.74, 6) is -6.27. The van der Waals surface area contributed by atoms with Crippen molar-refractivity contribution in [2.75, 3.05) is 5.32 Å². The molecule has 160 valence electrons. The molecule has 0 saturated heterocycles. The van der Waals surface area contributed by atoms with Crippen LogP contribution in [0.15, 0.2) is 42.5 Å². The van der Waals surface area contributed by atoms with Gasteiger partial charge in [0, 0.05) is 5.56 Å². The van der Waals surface area contributed by atoms with Gasteiger partial charge in [0.25, 0.3) is 5.91 Å². The number of nitrogens with one attached hydrogen (secondary N) is 1. The summed E-state index contributed by atoms with van der Waals surface area (Å²) in [5, 5.41) is 59.6. The summed E-state index contributed by atoms with van der Waals surface area (Å²) < 4.78 is 5.27. The van der Waals surface area contributed by atoms with E-state index < -0.39 is 46.4 Å². The number of aromatic hydroxyl groups is 6. The fraction of sp³-hybridized carbons (Fsp3) is 0.0476. The van der Waals surface area contributed by atoms with Gasteiger partial charge in [-0.2, -0.15) is 0 Å². The molecule has 0 saturated carbocycles. The summed E-state index contributed by atoms with van der Waals surface area (Å²) in [7, 11) is 0. The predicted molar refractivity (Wildman–Crippen MR) is 107 cm³/mol. The summed E-state index contributed by atoms with van der Waals surface area (Å²) in [6.07, 6.45) is 0. The Hall–Kier alpha value is -4.60. The molecule has 3 aromatic carbocycles. The number of hydrogen-bond acceptors (Lipinski definition) is 9. The molecule has 0 aromatic heterocycles. The third-order valence-corrected chi connectivity index (χ3v) is 4.23. The summed E-state index contributed by atoms with van der Waals surface area (Å²) >= 11 is 0. The van der Waals surface area contributed by atoms with Crippen molar-refractivity contribution < 1.29 is 45.0 Å². The van der Waals surface area contributed by atoms with Crippen LogP contribution in [0.2, 0.25) is 0 Å². The van der Waals surface area contributed by atoms with Crippen LogP contribution >= 0.6 is 0 Å². The summed E-state index contributed by atoms with van der Waals surface area (Å²) in [6.45, 7) is 1.71.